The predicted octanol–water partition coefficient (Wildman–Crippen LogP) is 0.633. The molecule has 0 aliphatic carbocycles. The normalized spacial score (nSPS) is 12.1. The average molecular weight is 303 g/mol. The third-order valence-corrected chi connectivity index (χ3v) is 3.26. The van der Waals surface area contributed by atoms with E-state index in [4.69, 9.17) is 15.9 Å². The van der Waals surface area contributed by atoms with Crippen molar-refractivity contribution in [1.29, 1.82) is 0 Å². The smallest absolute Gasteiger partial charge is 0.336 e. The molecule has 1 aromatic carbocycles. The second-order valence-electron chi connectivity index (χ2n) is 5.06. The summed E-state index contributed by atoms with van der Waals surface area (Å²) in [7, 11) is 0. The van der Waals surface area contributed by atoms with Crippen molar-refractivity contribution in [2.75, 3.05) is 5.32 Å². The van der Waals surface area contributed by atoms with Crippen LogP contribution >= 0.6 is 0 Å². The van der Waals surface area contributed by atoms with Crippen LogP contribution in [0.1, 0.15) is 18.4 Å². The maximum absolute atomic E-state index is 11.9. The van der Waals surface area contributed by atoms with E-state index in [1.165, 1.54) is 6.07 Å². The molecule has 2 rings (SSSR count). The first-order valence-electron chi connectivity index (χ1n) is 6.76. The zero-order valence-electron chi connectivity index (χ0n) is 12.1. The molecule has 1 atom stereocenters. The number of amides is 2. The minimum atomic E-state index is -0.840. The first-order valence-corrected chi connectivity index (χ1v) is 6.76. The lowest BCUT2D eigenvalue weighted by Gasteiger charge is -2.12. The third-order valence-electron chi connectivity index (χ3n) is 3.26. The molecule has 5 N–H and O–H groups in total. The van der Waals surface area contributed by atoms with Gasteiger partial charge < -0.3 is 21.2 Å². The molecule has 0 aliphatic heterocycles. The van der Waals surface area contributed by atoms with E-state index in [2.05, 4.69) is 5.32 Å². The lowest BCUT2D eigenvalue weighted by molar-refractivity contribution is -0.119. The van der Waals surface area contributed by atoms with Gasteiger partial charge in [0.2, 0.25) is 11.8 Å². The van der Waals surface area contributed by atoms with Gasteiger partial charge in [0.15, 0.2) is 0 Å². The number of nitrogens with one attached hydrogen (secondary N) is 1. The minimum absolute atomic E-state index is 0.0420. The van der Waals surface area contributed by atoms with E-state index in [0.717, 1.165) is 10.9 Å². The van der Waals surface area contributed by atoms with Crippen LogP contribution in [0, 0.1) is 6.92 Å². The molecule has 22 heavy (non-hydrogen) atoms. The summed E-state index contributed by atoms with van der Waals surface area (Å²) >= 11 is 0. The van der Waals surface area contributed by atoms with Crippen molar-refractivity contribution in [1.82, 2.24) is 0 Å². The molecular weight excluding hydrogens is 286 g/mol. The summed E-state index contributed by atoms with van der Waals surface area (Å²) in [6.45, 7) is 1.80. The largest absolute Gasteiger partial charge is 0.423 e. The summed E-state index contributed by atoms with van der Waals surface area (Å²) in [6, 6.07) is 5.56. The molecule has 2 amide bonds. The lowest BCUT2D eigenvalue weighted by atomic mass is 10.1. The third kappa shape index (κ3) is 3.70. The second-order valence-corrected chi connectivity index (χ2v) is 5.06. The number of carbonyl (C=O) groups excluding carboxylic acids is 2. The molecule has 0 saturated carbocycles. The Morgan fingerprint density at radius 1 is 1.32 bits per heavy atom. The summed E-state index contributed by atoms with van der Waals surface area (Å²) in [4.78, 5) is 34.0. The molecule has 7 heteroatoms. The minimum Gasteiger partial charge on any atom is -0.423 e. The average Bonchev–Trinajstić information content (AvgIpc) is 2.43. The fraction of sp³-hybridized carbons (Fsp3) is 0.267. The number of primary amides is 1. The van der Waals surface area contributed by atoms with Gasteiger partial charge in [0.05, 0.1) is 6.04 Å². The second kappa shape index (κ2) is 6.40. The highest BCUT2D eigenvalue weighted by molar-refractivity contribution is 5.96. The summed E-state index contributed by atoms with van der Waals surface area (Å²) < 4.78 is 5.10. The lowest BCUT2D eigenvalue weighted by Crippen LogP contribution is -2.36. The number of carbonyl (C=O) groups is 2. The Labute approximate surface area is 126 Å². The molecule has 116 valence electrons. The number of anilines is 1. The molecule has 1 heterocycles. The Hall–Kier alpha value is -2.67. The highest BCUT2D eigenvalue weighted by atomic mass is 16.4. The topological polar surface area (TPSA) is 128 Å². The Balaban J connectivity index is 2.16. The molecule has 7 nitrogen and oxygen atoms in total. The van der Waals surface area contributed by atoms with Gasteiger partial charge in [-0.2, -0.15) is 0 Å². The van der Waals surface area contributed by atoms with Crippen molar-refractivity contribution in [3.8, 4) is 0 Å². The highest BCUT2D eigenvalue weighted by Gasteiger charge is 2.15. The van der Waals surface area contributed by atoms with E-state index in [-0.39, 0.29) is 12.8 Å². The van der Waals surface area contributed by atoms with Crippen LogP contribution in [0.5, 0.6) is 0 Å². The first-order chi connectivity index (χ1) is 10.4. The number of hydrogen-bond acceptors (Lipinski definition) is 5. The van der Waals surface area contributed by atoms with E-state index >= 15 is 0 Å². The van der Waals surface area contributed by atoms with Crippen LogP contribution in [0.25, 0.3) is 11.0 Å². The number of hydrogen-bond donors (Lipinski definition) is 3. The molecule has 0 saturated heterocycles. The van der Waals surface area contributed by atoms with Crippen molar-refractivity contribution >= 4 is 28.5 Å². The van der Waals surface area contributed by atoms with E-state index < -0.39 is 23.5 Å². The van der Waals surface area contributed by atoms with Crippen LogP contribution in [-0.2, 0) is 9.59 Å². The van der Waals surface area contributed by atoms with Gasteiger partial charge in [-0.1, -0.05) is 0 Å². The van der Waals surface area contributed by atoms with Crippen LogP contribution in [0.4, 0.5) is 5.69 Å². The van der Waals surface area contributed by atoms with Gasteiger partial charge in [-0.25, -0.2) is 4.79 Å². The van der Waals surface area contributed by atoms with Crippen LogP contribution in [0.2, 0.25) is 0 Å². The van der Waals surface area contributed by atoms with Crippen LogP contribution in [0.15, 0.2) is 33.5 Å². The van der Waals surface area contributed by atoms with E-state index in [0.29, 0.717) is 11.3 Å². The molecule has 0 spiro atoms. The summed E-state index contributed by atoms with van der Waals surface area (Å²) in [5.41, 5.74) is 11.9. The van der Waals surface area contributed by atoms with Gasteiger partial charge in [0.1, 0.15) is 5.58 Å². The van der Waals surface area contributed by atoms with Crippen LogP contribution in [-0.4, -0.2) is 17.9 Å². The van der Waals surface area contributed by atoms with Gasteiger partial charge >= 0.3 is 5.63 Å². The zero-order chi connectivity index (χ0) is 16.3. The predicted molar refractivity (Wildman–Crippen MR) is 82.3 cm³/mol. The molecule has 1 unspecified atom stereocenters. The van der Waals surface area contributed by atoms with E-state index in [1.54, 1.807) is 25.1 Å². The summed E-state index contributed by atoms with van der Waals surface area (Å²) in [5.74, 6) is -0.943. The summed E-state index contributed by atoms with van der Waals surface area (Å²) in [6.07, 6.45) is 0.212. The van der Waals surface area contributed by atoms with Crippen molar-refractivity contribution in [3.05, 3.63) is 40.2 Å². The van der Waals surface area contributed by atoms with Crippen molar-refractivity contribution < 1.29 is 14.0 Å². The van der Waals surface area contributed by atoms with Gasteiger partial charge in [-0.05, 0) is 31.0 Å². The van der Waals surface area contributed by atoms with E-state index in [9.17, 15) is 14.4 Å². The number of aryl methyl sites for hydroxylation is 1. The number of benzene rings is 1. The van der Waals surface area contributed by atoms with Crippen molar-refractivity contribution in [2.45, 2.75) is 25.8 Å². The fourth-order valence-corrected chi connectivity index (χ4v) is 2.07. The molecule has 0 bridgehead atoms. The number of rotatable bonds is 5. The van der Waals surface area contributed by atoms with Crippen molar-refractivity contribution in [3.63, 3.8) is 0 Å². The quantitative estimate of drug-likeness (QED) is 0.698. The first kappa shape index (κ1) is 15.7. The van der Waals surface area contributed by atoms with Gasteiger partial charge in [-0.15, -0.1) is 0 Å². The molecule has 0 fully saturated rings. The molecule has 0 radical (unpaired) electrons. The monoisotopic (exact) mass is 303 g/mol. The van der Waals surface area contributed by atoms with Crippen LogP contribution in [0.3, 0.4) is 0 Å². The van der Waals surface area contributed by atoms with E-state index in [1.807, 2.05) is 0 Å². The number of nitrogens with two attached hydrogens (primary N) is 2. The molecule has 1 aromatic heterocycles. The van der Waals surface area contributed by atoms with Gasteiger partial charge in [-0.3, -0.25) is 9.59 Å². The Morgan fingerprint density at radius 3 is 2.73 bits per heavy atom. The highest BCUT2D eigenvalue weighted by Crippen LogP contribution is 2.20. The Kier molecular flexibility index (Phi) is 4.57. The van der Waals surface area contributed by atoms with Crippen molar-refractivity contribution in [2.24, 2.45) is 11.5 Å². The molecular formula is C15H17N3O4. The van der Waals surface area contributed by atoms with Gasteiger partial charge in [0.25, 0.3) is 0 Å². The maximum Gasteiger partial charge on any atom is 0.336 e. The summed E-state index contributed by atoms with van der Waals surface area (Å²) in [5, 5.41) is 3.41. The Morgan fingerprint density at radius 2 is 2.05 bits per heavy atom. The Bertz CT molecular complexity index is 782. The number of fused-ring (bicyclic) bond motifs is 1. The van der Waals surface area contributed by atoms with Gasteiger partial charge in [0, 0.05) is 29.6 Å². The SMILES string of the molecule is Cc1cc(=O)oc2cc(NC(=O)C(N)CCC(N)=O)ccc12. The molecule has 0 aliphatic rings. The van der Waals surface area contributed by atoms with Crippen LogP contribution < -0.4 is 22.4 Å². The standard InChI is InChI=1S/C15H17N3O4/c1-8-6-14(20)22-12-7-9(2-3-10(8)12)18-15(21)11(16)4-5-13(17)19/h2-3,6-7,11H,4-5,16H2,1H3,(H2,17,19)(H,18,21). The molecule has 2 aromatic rings. The zero-order valence-corrected chi connectivity index (χ0v) is 12.1. The maximum atomic E-state index is 11.9. The fourth-order valence-electron chi connectivity index (χ4n) is 2.07.